The van der Waals surface area contributed by atoms with Gasteiger partial charge < -0.3 is 14.6 Å². The molecule has 5 nitrogen and oxygen atoms in total. The van der Waals surface area contributed by atoms with Crippen molar-refractivity contribution in [2.75, 3.05) is 20.8 Å². The van der Waals surface area contributed by atoms with E-state index in [1.807, 2.05) is 0 Å². The number of Topliss-reactive ketones (excluding diaryl/α,β-unsaturated/α-hetero) is 2. The van der Waals surface area contributed by atoms with Crippen LogP contribution in [-0.4, -0.2) is 37.5 Å². The van der Waals surface area contributed by atoms with E-state index < -0.39 is 18.2 Å². The molecule has 82 valence electrons. The first-order valence-electron chi connectivity index (χ1n) is 4.30. The van der Waals surface area contributed by atoms with Gasteiger partial charge >= 0.3 is 0 Å². The standard InChI is InChI=1S/C10H12O5/c1-5-6(4-11)8(13)10(15-3)9(14-2)7(5)12/h11H,4H2,1-3H3. The van der Waals surface area contributed by atoms with Gasteiger partial charge in [0.15, 0.2) is 0 Å². The molecule has 0 aromatic heterocycles. The monoisotopic (exact) mass is 212 g/mol. The molecule has 1 N–H and O–H groups in total. The van der Waals surface area contributed by atoms with Crippen LogP contribution in [0.5, 0.6) is 0 Å². The first-order chi connectivity index (χ1) is 7.08. The van der Waals surface area contributed by atoms with Gasteiger partial charge in [0, 0.05) is 11.1 Å². The molecule has 0 saturated heterocycles. The first kappa shape index (κ1) is 11.5. The van der Waals surface area contributed by atoms with Crippen LogP contribution >= 0.6 is 0 Å². The molecule has 0 radical (unpaired) electrons. The lowest BCUT2D eigenvalue weighted by atomic mass is 9.94. The molecule has 0 spiro atoms. The van der Waals surface area contributed by atoms with Crippen molar-refractivity contribution < 1.29 is 24.2 Å². The number of hydrogen-bond donors (Lipinski definition) is 1. The average molecular weight is 212 g/mol. The second-order valence-corrected chi connectivity index (χ2v) is 2.99. The number of carbonyl (C=O) groups excluding carboxylic acids is 2. The molecule has 15 heavy (non-hydrogen) atoms. The molecule has 1 rings (SSSR count). The molecule has 0 fully saturated rings. The van der Waals surface area contributed by atoms with E-state index in [0.29, 0.717) is 0 Å². The average Bonchev–Trinajstić information content (AvgIpc) is 2.23. The number of ketones is 2. The molecule has 0 saturated carbocycles. The molecular weight excluding hydrogens is 200 g/mol. The summed E-state index contributed by atoms with van der Waals surface area (Å²) in [6.45, 7) is 0.984. The maximum Gasteiger partial charge on any atom is 0.230 e. The Balaban J connectivity index is 3.31. The highest BCUT2D eigenvalue weighted by Crippen LogP contribution is 2.24. The van der Waals surface area contributed by atoms with Crippen LogP contribution in [-0.2, 0) is 19.1 Å². The van der Waals surface area contributed by atoms with Gasteiger partial charge in [0.1, 0.15) is 0 Å². The van der Waals surface area contributed by atoms with Gasteiger partial charge in [0.2, 0.25) is 23.1 Å². The predicted octanol–water partition coefficient (Wildman–Crippen LogP) is -0.0486. The Morgan fingerprint density at radius 3 is 1.93 bits per heavy atom. The predicted molar refractivity (Wildman–Crippen MR) is 50.8 cm³/mol. The zero-order valence-corrected chi connectivity index (χ0v) is 8.79. The number of ether oxygens (including phenoxy) is 2. The van der Waals surface area contributed by atoms with Crippen molar-refractivity contribution in [2.45, 2.75) is 6.92 Å². The number of carbonyl (C=O) groups is 2. The molecule has 1 aliphatic carbocycles. The van der Waals surface area contributed by atoms with Gasteiger partial charge in [0.05, 0.1) is 20.8 Å². The largest absolute Gasteiger partial charge is 0.489 e. The quantitative estimate of drug-likeness (QED) is 0.664. The maximum absolute atomic E-state index is 11.7. The van der Waals surface area contributed by atoms with Crippen LogP contribution in [0.3, 0.4) is 0 Å². The smallest absolute Gasteiger partial charge is 0.230 e. The van der Waals surface area contributed by atoms with Gasteiger partial charge in [-0.3, -0.25) is 9.59 Å². The fourth-order valence-corrected chi connectivity index (χ4v) is 1.38. The Bertz CT molecular complexity index is 375. The molecule has 1 aliphatic rings. The third-order valence-electron chi connectivity index (χ3n) is 2.25. The first-order valence-corrected chi connectivity index (χ1v) is 4.30. The third kappa shape index (κ3) is 1.66. The number of aliphatic hydroxyl groups excluding tert-OH is 1. The van der Waals surface area contributed by atoms with E-state index in [9.17, 15) is 9.59 Å². The summed E-state index contributed by atoms with van der Waals surface area (Å²) in [4.78, 5) is 23.3. The lowest BCUT2D eigenvalue weighted by molar-refractivity contribution is -0.121. The van der Waals surface area contributed by atoms with Crippen LogP contribution in [0.25, 0.3) is 0 Å². The van der Waals surface area contributed by atoms with Gasteiger partial charge in [-0.1, -0.05) is 0 Å². The fraction of sp³-hybridized carbons (Fsp3) is 0.400. The van der Waals surface area contributed by atoms with Crippen LogP contribution in [0.2, 0.25) is 0 Å². The lowest BCUT2D eigenvalue weighted by Gasteiger charge is -2.18. The third-order valence-corrected chi connectivity index (χ3v) is 2.25. The van der Waals surface area contributed by atoms with Crippen LogP contribution in [0, 0.1) is 0 Å². The van der Waals surface area contributed by atoms with Crippen molar-refractivity contribution >= 4 is 11.6 Å². The summed E-state index contributed by atoms with van der Waals surface area (Å²) in [7, 11) is 2.56. The minimum Gasteiger partial charge on any atom is -0.489 e. The highest BCUT2D eigenvalue weighted by Gasteiger charge is 2.34. The second-order valence-electron chi connectivity index (χ2n) is 2.99. The van der Waals surface area contributed by atoms with Crippen molar-refractivity contribution in [1.29, 1.82) is 0 Å². The molecular formula is C10H12O5. The van der Waals surface area contributed by atoms with Crippen molar-refractivity contribution in [3.05, 3.63) is 22.7 Å². The summed E-state index contributed by atoms with van der Waals surface area (Å²) in [5.41, 5.74) is 0.248. The number of methoxy groups -OCH3 is 2. The highest BCUT2D eigenvalue weighted by molar-refractivity contribution is 6.23. The molecule has 5 heteroatoms. The molecule has 0 heterocycles. The summed E-state index contributed by atoms with van der Waals surface area (Å²) in [6, 6.07) is 0. The second kappa shape index (κ2) is 4.27. The topological polar surface area (TPSA) is 72.8 Å². The van der Waals surface area contributed by atoms with Crippen LogP contribution in [0.4, 0.5) is 0 Å². The number of rotatable bonds is 3. The minimum absolute atomic E-state index is 0.0534. The van der Waals surface area contributed by atoms with Crippen molar-refractivity contribution in [3.8, 4) is 0 Å². The maximum atomic E-state index is 11.7. The molecule has 0 aromatic rings. The van der Waals surface area contributed by atoms with Crippen molar-refractivity contribution in [3.63, 3.8) is 0 Å². The molecule has 0 bridgehead atoms. The van der Waals surface area contributed by atoms with E-state index in [4.69, 9.17) is 14.6 Å². The normalized spacial score (nSPS) is 17.3. The van der Waals surface area contributed by atoms with Crippen molar-refractivity contribution in [2.24, 2.45) is 0 Å². The summed E-state index contributed by atoms with van der Waals surface area (Å²) in [5, 5.41) is 8.97. The number of allylic oxidation sites excluding steroid dienone is 2. The van der Waals surface area contributed by atoms with Crippen LogP contribution < -0.4 is 0 Å². The minimum atomic E-state index is -0.506. The SMILES string of the molecule is COC1=C(OC)C(=O)C(CO)=C(C)C1=O. The number of aliphatic hydroxyl groups is 1. The Morgan fingerprint density at radius 2 is 1.53 bits per heavy atom. The van der Waals surface area contributed by atoms with E-state index in [-0.39, 0.29) is 22.7 Å². The van der Waals surface area contributed by atoms with Gasteiger partial charge in [-0.05, 0) is 6.92 Å². The van der Waals surface area contributed by atoms with E-state index in [0.717, 1.165) is 0 Å². The molecule has 0 aromatic carbocycles. The van der Waals surface area contributed by atoms with E-state index in [2.05, 4.69) is 0 Å². The van der Waals surface area contributed by atoms with E-state index in [1.165, 1.54) is 21.1 Å². The summed E-state index contributed by atoms with van der Waals surface area (Å²) >= 11 is 0. The van der Waals surface area contributed by atoms with Gasteiger partial charge in [-0.15, -0.1) is 0 Å². The Hall–Kier alpha value is -1.62. The zero-order chi connectivity index (χ0) is 11.6. The summed E-state index contributed by atoms with van der Waals surface area (Å²) < 4.78 is 9.61. The van der Waals surface area contributed by atoms with Crippen LogP contribution in [0.1, 0.15) is 6.92 Å². The number of hydrogen-bond acceptors (Lipinski definition) is 5. The molecule has 0 amide bonds. The molecule has 0 aliphatic heterocycles. The zero-order valence-electron chi connectivity index (χ0n) is 8.79. The molecule has 0 unspecified atom stereocenters. The van der Waals surface area contributed by atoms with Gasteiger partial charge in [0.25, 0.3) is 0 Å². The van der Waals surface area contributed by atoms with E-state index >= 15 is 0 Å². The Morgan fingerprint density at radius 1 is 1.07 bits per heavy atom. The highest BCUT2D eigenvalue weighted by atomic mass is 16.5. The van der Waals surface area contributed by atoms with Crippen molar-refractivity contribution in [1.82, 2.24) is 0 Å². The lowest BCUT2D eigenvalue weighted by Crippen LogP contribution is -2.26. The summed E-state index contributed by atoms with van der Waals surface area (Å²) in [6.07, 6.45) is 0. The fourth-order valence-electron chi connectivity index (χ4n) is 1.38. The van der Waals surface area contributed by atoms with Crippen LogP contribution in [0.15, 0.2) is 22.7 Å². The van der Waals surface area contributed by atoms with Gasteiger partial charge in [-0.2, -0.15) is 0 Å². The Kier molecular flexibility index (Phi) is 3.26. The van der Waals surface area contributed by atoms with E-state index in [1.54, 1.807) is 0 Å². The molecule has 0 atom stereocenters. The van der Waals surface area contributed by atoms with Gasteiger partial charge in [-0.25, -0.2) is 0 Å². The summed E-state index contributed by atoms with van der Waals surface area (Å²) in [5.74, 6) is -1.21. The Labute approximate surface area is 87.0 Å².